The van der Waals surface area contributed by atoms with E-state index in [4.69, 9.17) is 4.74 Å². The highest BCUT2D eigenvalue weighted by Gasteiger charge is 2.26. The molecule has 1 aliphatic rings. The van der Waals surface area contributed by atoms with Crippen molar-refractivity contribution in [2.24, 2.45) is 0 Å². The van der Waals surface area contributed by atoms with E-state index < -0.39 is 0 Å². The van der Waals surface area contributed by atoms with Gasteiger partial charge in [-0.2, -0.15) is 0 Å². The third kappa shape index (κ3) is 3.81. The summed E-state index contributed by atoms with van der Waals surface area (Å²) in [5.74, 6) is 0.783. The summed E-state index contributed by atoms with van der Waals surface area (Å²) in [5, 5.41) is 8.41. The van der Waals surface area contributed by atoms with Crippen molar-refractivity contribution in [2.45, 2.75) is 13.8 Å². The van der Waals surface area contributed by atoms with E-state index in [2.05, 4.69) is 15.2 Å². The van der Waals surface area contributed by atoms with Crippen LogP contribution in [0, 0.1) is 13.8 Å². The first kappa shape index (κ1) is 19.0. The minimum atomic E-state index is -0.0595. The zero-order valence-corrected chi connectivity index (χ0v) is 17.0. The fourth-order valence-electron chi connectivity index (χ4n) is 3.64. The van der Waals surface area contributed by atoms with Crippen molar-refractivity contribution in [3.8, 4) is 11.4 Å². The van der Waals surface area contributed by atoms with Crippen molar-refractivity contribution in [2.75, 3.05) is 38.2 Å². The second kappa shape index (κ2) is 7.95. The summed E-state index contributed by atoms with van der Waals surface area (Å²) in [6.07, 6.45) is 0. The number of carbonyl (C=O) groups excluding carboxylic acids is 1. The van der Waals surface area contributed by atoms with E-state index in [-0.39, 0.29) is 5.91 Å². The molecule has 2 aromatic carbocycles. The lowest BCUT2D eigenvalue weighted by Crippen LogP contribution is -2.49. The molecule has 1 aliphatic heterocycles. The molecule has 0 bridgehead atoms. The zero-order chi connectivity index (χ0) is 20.4. The average Bonchev–Trinajstić information content (AvgIpc) is 3.15. The minimum absolute atomic E-state index is 0.0595. The van der Waals surface area contributed by atoms with Crippen LogP contribution in [0.3, 0.4) is 0 Å². The Balaban J connectivity index is 1.44. The van der Waals surface area contributed by atoms with E-state index in [1.165, 1.54) is 0 Å². The van der Waals surface area contributed by atoms with E-state index in [1.807, 2.05) is 67.3 Å². The normalized spacial score (nSPS) is 14.2. The lowest BCUT2D eigenvalue weighted by Gasteiger charge is -2.35. The number of methoxy groups -OCH3 is 1. The van der Waals surface area contributed by atoms with Crippen molar-refractivity contribution in [1.82, 2.24) is 19.9 Å². The summed E-state index contributed by atoms with van der Waals surface area (Å²) in [5.41, 5.74) is 4.38. The second-order valence-electron chi connectivity index (χ2n) is 7.25. The molecule has 1 aromatic heterocycles. The van der Waals surface area contributed by atoms with Crippen LogP contribution in [0.2, 0.25) is 0 Å². The van der Waals surface area contributed by atoms with E-state index in [0.717, 1.165) is 41.5 Å². The Hall–Kier alpha value is -3.35. The molecule has 0 radical (unpaired) electrons. The number of aromatic nitrogens is 3. The van der Waals surface area contributed by atoms with Crippen molar-refractivity contribution < 1.29 is 9.53 Å². The predicted molar refractivity (Wildman–Crippen MR) is 112 cm³/mol. The number of piperazine rings is 1. The number of aryl methyl sites for hydroxylation is 1. The molecule has 0 N–H and O–H groups in total. The molecule has 150 valence electrons. The maximum atomic E-state index is 13.0. The molecule has 2 heterocycles. The maximum absolute atomic E-state index is 13.0. The molecule has 1 fully saturated rings. The van der Waals surface area contributed by atoms with Crippen molar-refractivity contribution in [3.63, 3.8) is 0 Å². The van der Waals surface area contributed by atoms with Crippen LogP contribution in [-0.2, 0) is 0 Å². The zero-order valence-electron chi connectivity index (χ0n) is 17.0. The van der Waals surface area contributed by atoms with Crippen molar-refractivity contribution in [3.05, 3.63) is 65.5 Å². The largest absolute Gasteiger partial charge is 0.497 e. The van der Waals surface area contributed by atoms with Crippen LogP contribution < -0.4 is 9.64 Å². The Labute approximate surface area is 170 Å². The van der Waals surface area contributed by atoms with Crippen molar-refractivity contribution in [1.29, 1.82) is 0 Å². The van der Waals surface area contributed by atoms with Gasteiger partial charge in [-0.15, -0.1) is 5.10 Å². The van der Waals surface area contributed by atoms with Gasteiger partial charge in [-0.05, 0) is 55.8 Å². The van der Waals surface area contributed by atoms with Crippen LogP contribution in [0.25, 0.3) is 5.69 Å². The molecule has 29 heavy (non-hydrogen) atoms. The summed E-state index contributed by atoms with van der Waals surface area (Å²) in [6, 6.07) is 16.0. The number of benzene rings is 2. The molecule has 0 saturated carbocycles. The number of rotatable bonds is 4. The lowest BCUT2D eigenvalue weighted by molar-refractivity contribution is 0.0740. The molecule has 3 aromatic rings. The Morgan fingerprint density at radius 3 is 2.34 bits per heavy atom. The summed E-state index contributed by atoms with van der Waals surface area (Å²) in [6.45, 7) is 6.79. The van der Waals surface area contributed by atoms with Crippen LogP contribution >= 0.6 is 0 Å². The number of anilines is 1. The molecule has 0 aliphatic carbocycles. The van der Waals surface area contributed by atoms with Crippen LogP contribution in [0.1, 0.15) is 21.7 Å². The van der Waals surface area contributed by atoms with Gasteiger partial charge in [-0.25, -0.2) is 4.68 Å². The van der Waals surface area contributed by atoms with Crippen molar-refractivity contribution >= 4 is 11.6 Å². The molecule has 4 rings (SSSR count). The number of ether oxygens (including phenoxy) is 1. The topological polar surface area (TPSA) is 63.5 Å². The summed E-state index contributed by atoms with van der Waals surface area (Å²) in [7, 11) is 1.66. The molecule has 0 spiro atoms. The summed E-state index contributed by atoms with van der Waals surface area (Å²) in [4.78, 5) is 17.2. The highest BCUT2D eigenvalue weighted by atomic mass is 16.5. The molecule has 7 nitrogen and oxygen atoms in total. The number of hydrogen-bond donors (Lipinski definition) is 0. The Morgan fingerprint density at radius 2 is 1.69 bits per heavy atom. The van der Waals surface area contributed by atoms with Gasteiger partial charge < -0.3 is 14.5 Å². The van der Waals surface area contributed by atoms with Gasteiger partial charge in [0.25, 0.3) is 5.91 Å². The number of carbonyl (C=O) groups is 1. The molecular weight excluding hydrogens is 366 g/mol. The standard InChI is InChI=1S/C22H25N5O2/c1-16-5-4-6-19(15-16)27-17(2)21(23-24-27)22(28)26-13-11-25(12-14-26)18-7-9-20(29-3)10-8-18/h4-10,15H,11-14H2,1-3H3. The van der Waals surface area contributed by atoms with Crippen LogP contribution in [0.5, 0.6) is 5.75 Å². The molecule has 7 heteroatoms. The second-order valence-corrected chi connectivity index (χ2v) is 7.25. The Morgan fingerprint density at radius 1 is 0.966 bits per heavy atom. The van der Waals surface area contributed by atoms with Crippen LogP contribution in [0.4, 0.5) is 5.69 Å². The van der Waals surface area contributed by atoms with E-state index in [1.54, 1.807) is 11.8 Å². The Kier molecular flexibility index (Phi) is 5.20. The summed E-state index contributed by atoms with van der Waals surface area (Å²) >= 11 is 0. The molecule has 1 saturated heterocycles. The predicted octanol–water partition coefficient (Wildman–Crippen LogP) is 2.86. The fraction of sp³-hybridized carbons (Fsp3) is 0.318. The molecule has 0 unspecified atom stereocenters. The highest BCUT2D eigenvalue weighted by Crippen LogP contribution is 2.21. The quantitative estimate of drug-likeness (QED) is 0.684. The van der Waals surface area contributed by atoms with Gasteiger partial charge in [-0.1, -0.05) is 17.3 Å². The van der Waals surface area contributed by atoms with Gasteiger partial charge in [0.2, 0.25) is 0 Å². The molecular formula is C22H25N5O2. The van der Waals surface area contributed by atoms with E-state index in [9.17, 15) is 4.79 Å². The van der Waals surface area contributed by atoms with Gasteiger partial charge >= 0.3 is 0 Å². The molecule has 1 amide bonds. The first-order chi connectivity index (χ1) is 14.1. The van der Waals surface area contributed by atoms with Gasteiger partial charge in [0.15, 0.2) is 5.69 Å². The van der Waals surface area contributed by atoms with E-state index in [0.29, 0.717) is 18.8 Å². The Bertz CT molecular complexity index is 1000. The highest BCUT2D eigenvalue weighted by molar-refractivity contribution is 5.93. The monoisotopic (exact) mass is 391 g/mol. The fourth-order valence-corrected chi connectivity index (χ4v) is 3.64. The third-order valence-electron chi connectivity index (χ3n) is 5.35. The first-order valence-electron chi connectivity index (χ1n) is 9.74. The number of nitrogens with zero attached hydrogens (tertiary/aromatic N) is 5. The molecule has 0 atom stereocenters. The first-order valence-corrected chi connectivity index (χ1v) is 9.74. The minimum Gasteiger partial charge on any atom is -0.497 e. The number of amides is 1. The smallest absolute Gasteiger partial charge is 0.276 e. The van der Waals surface area contributed by atoms with Crippen LogP contribution in [0.15, 0.2) is 48.5 Å². The van der Waals surface area contributed by atoms with Gasteiger partial charge in [0.05, 0.1) is 18.5 Å². The van der Waals surface area contributed by atoms with Gasteiger partial charge in [0.1, 0.15) is 5.75 Å². The van der Waals surface area contributed by atoms with Gasteiger partial charge in [0, 0.05) is 31.9 Å². The average molecular weight is 391 g/mol. The SMILES string of the molecule is COc1ccc(N2CCN(C(=O)c3nnn(-c4cccc(C)c4)c3C)CC2)cc1. The maximum Gasteiger partial charge on any atom is 0.276 e. The summed E-state index contributed by atoms with van der Waals surface area (Å²) < 4.78 is 6.95. The van der Waals surface area contributed by atoms with E-state index >= 15 is 0 Å². The third-order valence-corrected chi connectivity index (χ3v) is 5.35. The van der Waals surface area contributed by atoms with Gasteiger partial charge in [-0.3, -0.25) is 4.79 Å². The number of hydrogen-bond acceptors (Lipinski definition) is 5. The van der Waals surface area contributed by atoms with Crippen LogP contribution in [-0.4, -0.2) is 59.1 Å². The lowest BCUT2D eigenvalue weighted by atomic mass is 10.2.